The lowest BCUT2D eigenvalue weighted by Gasteiger charge is -2.24. The number of nitrogens with zero attached hydrogens (tertiary/aromatic N) is 1. The molecule has 4 nitrogen and oxygen atoms in total. The number of rotatable bonds is 5. The van der Waals surface area contributed by atoms with Crippen LogP contribution < -0.4 is 5.32 Å². The molecule has 1 unspecified atom stereocenters. The second-order valence-corrected chi connectivity index (χ2v) is 7.81. The van der Waals surface area contributed by atoms with Gasteiger partial charge in [-0.05, 0) is 43.3 Å². The summed E-state index contributed by atoms with van der Waals surface area (Å²) in [5, 5.41) is 6.51. The summed E-state index contributed by atoms with van der Waals surface area (Å²) in [7, 11) is 0. The van der Waals surface area contributed by atoms with E-state index in [9.17, 15) is 9.59 Å². The van der Waals surface area contributed by atoms with Crippen LogP contribution in [0.4, 0.5) is 0 Å². The maximum Gasteiger partial charge on any atom is 0.252 e. The molecule has 3 rings (SSSR count). The molecule has 1 atom stereocenters. The Morgan fingerprint density at radius 3 is 2.91 bits per heavy atom. The first kappa shape index (κ1) is 16.2. The number of hydrogen-bond acceptors (Lipinski definition) is 4. The molecule has 1 aliphatic rings. The maximum atomic E-state index is 12.5. The number of aryl methyl sites for hydroxylation is 1. The first-order valence-electron chi connectivity index (χ1n) is 7.81. The van der Waals surface area contributed by atoms with Gasteiger partial charge in [-0.1, -0.05) is 0 Å². The van der Waals surface area contributed by atoms with Crippen molar-refractivity contribution < 1.29 is 9.59 Å². The van der Waals surface area contributed by atoms with Crippen molar-refractivity contribution in [1.82, 2.24) is 10.2 Å². The SMILES string of the molecule is Cc1ccc(C2CCCN2C(=O)CCNC(=O)c2ccsc2)s1. The standard InChI is InChI=1S/C17H20N2O2S2/c1-12-4-5-15(23-12)14-3-2-9-19(14)16(20)6-8-18-17(21)13-7-10-22-11-13/h4-5,7,10-11,14H,2-3,6,8-9H2,1H3,(H,18,21). The van der Waals surface area contributed by atoms with Gasteiger partial charge in [0.1, 0.15) is 0 Å². The highest BCUT2D eigenvalue weighted by Gasteiger charge is 2.30. The van der Waals surface area contributed by atoms with Crippen molar-refractivity contribution in [2.45, 2.75) is 32.2 Å². The first-order valence-corrected chi connectivity index (χ1v) is 9.57. The molecule has 1 fully saturated rings. The molecule has 0 spiro atoms. The van der Waals surface area contributed by atoms with Crippen LogP contribution in [0.2, 0.25) is 0 Å². The molecule has 2 amide bonds. The van der Waals surface area contributed by atoms with Gasteiger partial charge >= 0.3 is 0 Å². The van der Waals surface area contributed by atoms with Crippen LogP contribution >= 0.6 is 22.7 Å². The summed E-state index contributed by atoms with van der Waals surface area (Å²) in [6, 6.07) is 6.25. The Morgan fingerprint density at radius 1 is 1.35 bits per heavy atom. The lowest BCUT2D eigenvalue weighted by atomic mass is 10.2. The Balaban J connectivity index is 1.52. The molecule has 122 valence electrons. The maximum absolute atomic E-state index is 12.5. The predicted octanol–water partition coefficient (Wildman–Crippen LogP) is 3.60. The number of carbonyl (C=O) groups excluding carboxylic acids is 2. The van der Waals surface area contributed by atoms with Crippen molar-refractivity contribution >= 4 is 34.5 Å². The van der Waals surface area contributed by atoms with Gasteiger partial charge in [0.25, 0.3) is 5.91 Å². The summed E-state index contributed by atoms with van der Waals surface area (Å²) >= 11 is 3.26. The Morgan fingerprint density at radius 2 is 2.22 bits per heavy atom. The summed E-state index contributed by atoms with van der Waals surface area (Å²) in [5.74, 6) is 0.0232. The van der Waals surface area contributed by atoms with E-state index < -0.39 is 0 Å². The lowest BCUT2D eigenvalue weighted by Crippen LogP contribution is -2.34. The third-order valence-corrected chi connectivity index (χ3v) is 5.86. The molecule has 1 saturated heterocycles. The molecule has 2 aromatic heterocycles. The largest absolute Gasteiger partial charge is 0.351 e. The van der Waals surface area contributed by atoms with Crippen LogP contribution in [-0.4, -0.2) is 29.8 Å². The van der Waals surface area contributed by atoms with Crippen LogP contribution in [0.25, 0.3) is 0 Å². The van der Waals surface area contributed by atoms with Gasteiger partial charge in [-0.25, -0.2) is 0 Å². The molecule has 23 heavy (non-hydrogen) atoms. The normalized spacial score (nSPS) is 17.4. The smallest absolute Gasteiger partial charge is 0.252 e. The average molecular weight is 348 g/mol. The minimum atomic E-state index is -0.106. The summed E-state index contributed by atoms with van der Waals surface area (Å²) in [6.45, 7) is 3.30. The number of nitrogens with one attached hydrogen (secondary N) is 1. The van der Waals surface area contributed by atoms with Crippen LogP contribution in [0.5, 0.6) is 0 Å². The number of thiophene rings is 2. The van der Waals surface area contributed by atoms with Gasteiger partial charge in [-0.15, -0.1) is 11.3 Å². The molecule has 0 saturated carbocycles. The van der Waals surface area contributed by atoms with E-state index in [0.29, 0.717) is 18.5 Å². The van der Waals surface area contributed by atoms with E-state index in [2.05, 4.69) is 24.4 Å². The fourth-order valence-corrected chi connectivity index (χ4v) is 4.58. The van der Waals surface area contributed by atoms with E-state index in [0.717, 1.165) is 19.4 Å². The molecule has 3 heterocycles. The Hall–Kier alpha value is -1.66. The average Bonchev–Trinajstić information content (AvgIpc) is 3.27. The van der Waals surface area contributed by atoms with Gasteiger partial charge in [0.2, 0.25) is 5.91 Å². The summed E-state index contributed by atoms with van der Waals surface area (Å²) in [6.07, 6.45) is 2.44. The number of carbonyl (C=O) groups is 2. The fraction of sp³-hybridized carbons (Fsp3) is 0.412. The molecule has 0 radical (unpaired) electrons. The number of amides is 2. The van der Waals surface area contributed by atoms with E-state index in [1.807, 2.05) is 15.7 Å². The third kappa shape index (κ3) is 3.82. The summed E-state index contributed by atoms with van der Waals surface area (Å²) in [5.41, 5.74) is 0.663. The van der Waals surface area contributed by atoms with Crippen molar-refractivity contribution in [3.05, 3.63) is 44.3 Å². The monoisotopic (exact) mass is 348 g/mol. The van der Waals surface area contributed by atoms with Gasteiger partial charge in [0, 0.05) is 40.2 Å². The van der Waals surface area contributed by atoms with E-state index in [-0.39, 0.29) is 17.9 Å². The van der Waals surface area contributed by atoms with Gasteiger partial charge in [-0.2, -0.15) is 11.3 Å². The minimum absolute atomic E-state index is 0.106. The van der Waals surface area contributed by atoms with Gasteiger partial charge in [-0.3, -0.25) is 9.59 Å². The van der Waals surface area contributed by atoms with Crippen LogP contribution in [0.15, 0.2) is 29.0 Å². The zero-order valence-electron chi connectivity index (χ0n) is 13.1. The van der Waals surface area contributed by atoms with Crippen molar-refractivity contribution in [3.8, 4) is 0 Å². The number of hydrogen-bond donors (Lipinski definition) is 1. The first-order chi connectivity index (χ1) is 11.1. The minimum Gasteiger partial charge on any atom is -0.351 e. The Labute approximate surface area is 144 Å². The molecular formula is C17H20N2O2S2. The summed E-state index contributed by atoms with van der Waals surface area (Å²) in [4.78, 5) is 28.9. The molecule has 0 aromatic carbocycles. The topological polar surface area (TPSA) is 49.4 Å². The van der Waals surface area contributed by atoms with Crippen LogP contribution in [0.3, 0.4) is 0 Å². The second kappa shape index (κ2) is 7.27. The molecule has 0 bridgehead atoms. The number of likely N-dealkylation sites (tertiary alicyclic amines) is 1. The lowest BCUT2D eigenvalue weighted by molar-refractivity contribution is -0.131. The highest BCUT2D eigenvalue weighted by atomic mass is 32.1. The quantitative estimate of drug-likeness (QED) is 0.897. The second-order valence-electron chi connectivity index (χ2n) is 5.71. The van der Waals surface area contributed by atoms with Crippen molar-refractivity contribution in [2.75, 3.05) is 13.1 Å². The van der Waals surface area contributed by atoms with E-state index >= 15 is 0 Å². The summed E-state index contributed by atoms with van der Waals surface area (Å²) < 4.78 is 0. The highest BCUT2D eigenvalue weighted by Crippen LogP contribution is 2.35. The third-order valence-electron chi connectivity index (χ3n) is 4.07. The van der Waals surface area contributed by atoms with Crippen molar-refractivity contribution in [2.24, 2.45) is 0 Å². The molecule has 2 aromatic rings. The van der Waals surface area contributed by atoms with Crippen LogP contribution in [0.1, 0.15) is 45.4 Å². The zero-order chi connectivity index (χ0) is 16.2. The molecular weight excluding hydrogens is 328 g/mol. The predicted molar refractivity (Wildman–Crippen MR) is 94.0 cm³/mol. The molecule has 1 aliphatic heterocycles. The fourth-order valence-electron chi connectivity index (χ4n) is 2.92. The van der Waals surface area contributed by atoms with E-state index in [4.69, 9.17) is 0 Å². The highest BCUT2D eigenvalue weighted by molar-refractivity contribution is 7.12. The van der Waals surface area contributed by atoms with Crippen LogP contribution in [-0.2, 0) is 4.79 Å². The van der Waals surface area contributed by atoms with E-state index in [1.165, 1.54) is 21.1 Å². The Kier molecular flexibility index (Phi) is 5.13. The van der Waals surface area contributed by atoms with Crippen molar-refractivity contribution in [3.63, 3.8) is 0 Å². The van der Waals surface area contributed by atoms with Gasteiger partial charge in [0.05, 0.1) is 6.04 Å². The van der Waals surface area contributed by atoms with Gasteiger partial charge in [0.15, 0.2) is 0 Å². The zero-order valence-corrected chi connectivity index (χ0v) is 14.7. The van der Waals surface area contributed by atoms with Crippen molar-refractivity contribution in [1.29, 1.82) is 0 Å². The molecule has 0 aliphatic carbocycles. The molecule has 1 N–H and O–H groups in total. The Bertz CT molecular complexity index is 679. The molecule has 6 heteroatoms. The van der Waals surface area contributed by atoms with E-state index in [1.54, 1.807) is 17.4 Å². The van der Waals surface area contributed by atoms with Gasteiger partial charge < -0.3 is 10.2 Å². The van der Waals surface area contributed by atoms with Crippen LogP contribution in [0, 0.1) is 6.92 Å².